The van der Waals surface area contributed by atoms with Gasteiger partial charge in [0.25, 0.3) is 11.1 Å². The smallest absolute Gasteiger partial charge is 0.277 e. The number of H-pyrrole nitrogens is 2. The third-order valence-electron chi connectivity index (χ3n) is 11.3. The average Bonchev–Trinajstić information content (AvgIpc) is 3.80. The number of hydrogen-bond donors (Lipinski definition) is 4. The zero-order valence-electron chi connectivity index (χ0n) is 39.0. The molecule has 67 heavy (non-hydrogen) atoms. The maximum Gasteiger partial charge on any atom is 0.277 e. The average molecular weight is 967 g/mol. The van der Waals surface area contributed by atoms with Crippen LogP contribution in [0.3, 0.4) is 0 Å². The monoisotopic (exact) mass is 966 g/mol. The quantitative estimate of drug-likeness (QED) is 0.0554. The van der Waals surface area contributed by atoms with Gasteiger partial charge in [-0.3, -0.25) is 19.0 Å². The van der Waals surface area contributed by atoms with Crippen LogP contribution >= 0.6 is 0 Å². The maximum atomic E-state index is 14.3. The number of fused-ring (bicyclic) bond motifs is 2. The largest absolute Gasteiger partial charge is 0.493 e. The molecule has 0 aliphatic rings. The molecule has 0 amide bonds. The van der Waals surface area contributed by atoms with Crippen molar-refractivity contribution >= 4 is 42.1 Å². The molecular formula is C45H62N10O10S2. The number of unbranched alkanes of at least 4 members (excludes halogenated alkanes) is 2. The van der Waals surface area contributed by atoms with Crippen LogP contribution in [-0.2, 0) is 47.0 Å². The standard InChI is InChI=1S/C45H62N10O10S2/c1-7-16-34-38-40(52(5)50-34)44(58)48-42(46-38)32-29-31(18-20-36(32)64-10-4)67(62,63)55(24-15-26-57)22-12-11-13-27-65-37-21-19-30(66(60,61)54(9-3)23-14-25-56)28-33(37)43-47-39-35(17-8-2)51-53(6)41(39)45(59)49-43/h18-21,28-29,56-57H,7-17,22-27H2,1-6H3,(H,46,48,58)(H,47,49,59). The summed E-state index contributed by atoms with van der Waals surface area (Å²) in [6, 6.07) is 8.84. The van der Waals surface area contributed by atoms with Crippen molar-refractivity contribution in [1.82, 2.24) is 48.1 Å². The highest BCUT2D eigenvalue weighted by molar-refractivity contribution is 7.89. The SMILES string of the molecule is CCCc1nn(C)c2c(=O)[nH]c(-c3cc(S(=O)(=O)N(CCCO)CCCCCOc4ccc(S(=O)(=O)N(CC)CCCO)cc4-c4nc5c(CCC)nn(C)c5c(=O)[nH]4)ccc3OCC)nc12. The van der Waals surface area contributed by atoms with Crippen molar-refractivity contribution in [2.75, 3.05) is 52.6 Å². The molecule has 364 valence electrons. The highest BCUT2D eigenvalue weighted by atomic mass is 32.2. The summed E-state index contributed by atoms with van der Waals surface area (Å²) in [5.41, 5.74) is 2.40. The predicted octanol–water partition coefficient (Wildman–Crippen LogP) is 4.28. The van der Waals surface area contributed by atoms with E-state index in [1.807, 2.05) is 13.8 Å². The fourth-order valence-electron chi connectivity index (χ4n) is 8.02. The molecule has 22 heteroatoms. The van der Waals surface area contributed by atoms with E-state index < -0.39 is 31.2 Å². The number of aromatic amines is 2. The zero-order valence-corrected chi connectivity index (χ0v) is 40.7. The van der Waals surface area contributed by atoms with Crippen LogP contribution in [0.2, 0.25) is 0 Å². The molecule has 0 aliphatic carbocycles. The lowest BCUT2D eigenvalue weighted by Crippen LogP contribution is -2.33. The fraction of sp³-hybridized carbons (Fsp3) is 0.511. The molecule has 20 nitrogen and oxygen atoms in total. The van der Waals surface area contributed by atoms with Gasteiger partial charge < -0.3 is 29.7 Å². The van der Waals surface area contributed by atoms with Gasteiger partial charge in [-0.1, -0.05) is 33.6 Å². The minimum atomic E-state index is -4.13. The highest BCUT2D eigenvalue weighted by Crippen LogP contribution is 2.34. The molecule has 4 heterocycles. The Morgan fingerprint density at radius 2 is 1.09 bits per heavy atom. The number of nitrogens with one attached hydrogen (secondary N) is 2. The molecule has 0 unspecified atom stereocenters. The lowest BCUT2D eigenvalue weighted by Gasteiger charge is -2.23. The van der Waals surface area contributed by atoms with E-state index in [1.54, 1.807) is 34.0 Å². The van der Waals surface area contributed by atoms with Crippen LogP contribution in [0.1, 0.15) is 84.0 Å². The van der Waals surface area contributed by atoms with Crippen molar-refractivity contribution in [3.05, 3.63) is 68.5 Å². The molecule has 6 rings (SSSR count). The van der Waals surface area contributed by atoms with Crippen LogP contribution < -0.4 is 20.6 Å². The number of rotatable bonds is 26. The lowest BCUT2D eigenvalue weighted by atomic mass is 10.1. The third-order valence-corrected chi connectivity index (χ3v) is 15.1. The lowest BCUT2D eigenvalue weighted by molar-refractivity contribution is 0.266. The molecule has 0 saturated carbocycles. The Morgan fingerprint density at radius 3 is 1.55 bits per heavy atom. The molecule has 0 atom stereocenters. The van der Waals surface area contributed by atoms with Gasteiger partial charge in [0.2, 0.25) is 20.0 Å². The van der Waals surface area contributed by atoms with Gasteiger partial charge in [0, 0.05) is 53.5 Å². The van der Waals surface area contributed by atoms with Crippen molar-refractivity contribution in [1.29, 1.82) is 0 Å². The summed E-state index contributed by atoms with van der Waals surface area (Å²) >= 11 is 0. The number of aliphatic hydroxyl groups is 2. The molecule has 6 aromatic rings. The fourth-order valence-corrected chi connectivity index (χ4v) is 11.1. The summed E-state index contributed by atoms with van der Waals surface area (Å²) in [7, 11) is -4.81. The van der Waals surface area contributed by atoms with Gasteiger partial charge in [0.1, 0.15) is 34.2 Å². The van der Waals surface area contributed by atoms with Crippen LogP contribution in [0.5, 0.6) is 11.5 Å². The second kappa shape index (κ2) is 22.5. The topological polar surface area (TPSA) is 261 Å². The van der Waals surface area contributed by atoms with E-state index in [9.17, 15) is 36.6 Å². The number of ether oxygens (including phenoxy) is 2. The first kappa shape index (κ1) is 50.9. The molecule has 4 N–H and O–H groups in total. The number of benzene rings is 2. The van der Waals surface area contributed by atoms with E-state index in [0.717, 1.165) is 12.8 Å². The first-order valence-corrected chi connectivity index (χ1v) is 25.7. The van der Waals surface area contributed by atoms with Gasteiger partial charge in [0.05, 0.1) is 45.5 Å². The molecule has 0 spiro atoms. The van der Waals surface area contributed by atoms with Crippen molar-refractivity contribution in [2.45, 2.75) is 95.3 Å². The first-order chi connectivity index (χ1) is 32.1. The molecule has 0 aliphatic heterocycles. The third kappa shape index (κ3) is 11.1. The Balaban J connectivity index is 1.23. The van der Waals surface area contributed by atoms with Crippen LogP contribution in [0.25, 0.3) is 44.8 Å². The Labute approximate surface area is 390 Å². The zero-order chi connectivity index (χ0) is 48.5. The second-order valence-electron chi connectivity index (χ2n) is 16.1. The normalized spacial score (nSPS) is 12.3. The van der Waals surface area contributed by atoms with Crippen LogP contribution in [0.15, 0.2) is 55.8 Å². The molecule has 0 fully saturated rings. The van der Waals surface area contributed by atoms with E-state index in [-0.39, 0.29) is 104 Å². The predicted molar refractivity (Wildman–Crippen MR) is 254 cm³/mol. The molecule has 4 aromatic heterocycles. The van der Waals surface area contributed by atoms with Gasteiger partial charge >= 0.3 is 0 Å². The minimum absolute atomic E-state index is 0.0404. The van der Waals surface area contributed by atoms with E-state index in [0.29, 0.717) is 71.4 Å². The van der Waals surface area contributed by atoms with Gasteiger partial charge in [-0.25, -0.2) is 26.8 Å². The Morgan fingerprint density at radius 1 is 0.627 bits per heavy atom. The van der Waals surface area contributed by atoms with E-state index >= 15 is 0 Å². The number of aromatic nitrogens is 8. The van der Waals surface area contributed by atoms with E-state index in [4.69, 9.17) is 19.4 Å². The minimum Gasteiger partial charge on any atom is -0.493 e. The number of nitrogens with zero attached hydrogens (tertiary/aromatic N) is 8. The second-order valence-corrected chi connectivity index (χ2v) is 20.0. The summed E-state index contributed by atoms with van der Waals surface area (Å²) in [6.07, 6.45) is 4.62. The van der Waals surface area contributed by atoms with Gasteiger partial charge in [-0.05, 0) is 88.3 Å². The summed E-state index contributed by atoms with van der Waals surface area (Å²) in [6.45, 7) is 8.01. The Kier molecular flexibility index (Phi) is 17.1. The first-order valence-electron chi connectivity index (χ1n) is 22.8. The number of aliphatic hydroxyl groups excluding tert-OH is 2. The molecule has 0 saturated heterocycles. The Hall–Kier alpha value is -5.52. The number of sulfonamides is 2. The van der Waals surface area contributed by atoms with Crippen molar-refractivity contribution < 1.29 is 36.5 Å². The molecule has 2 aromatic carbocycles. The summed E-state index contributed by atoms with van der Waals surface area (Å²) in [4.78, 5) is 41.9. The number of hydrogen-bond acceptors (Lipinski definition) is 14. The van der Waals surface area contributed by atoms with Crippen molar-refractivity contribution in [2.24, 2.45) is 14.1 Å². The number of aryl methyl sites for hydroxylation is 4. The Bertz CT molecular complexity index is 3020. The van der Waals surface area contributed by atoms with Crippen LogP contribution in [-0.4, -0.2) is 128 Å². The summed E-state index contributed by atoms with van der Waals surface area (Å²) < 4.78 is 74.0. The molecule has 0 bridgehead atoms. The van der Waals surface area contributed by atoms with Crippen LogP contribution in [0.4, 0.5) is 0 Å². The van der Waals surface area contributed by atoms with E-state index in [2.05, 4.69) is 20.2 Å². The van der Waals surface area contributed by atoms with Gasteiger partial charge in [-0.15, -0.1) is 0 Å². The maximum absolute atomic E-state index is 14.3. The van der Waals surface area contributed by atoms with Crippen molar-refractivity contribution in [3.8, 4) is 34.3 Å². The summed E-state index contributed by atoms with van der Waals surface area (Å²) in [5, 5.41) is 28.1. The molecule has 0 radical (unpaired) electrons. The van der Waals surface area contributed by atoms with Crippen LogP contribution in [0, 0.1) is 0 Å². The van der Waals surface area contributed by atoms with E-state index in [1.165, 1.54) is 48.3 Å². The molecular weight excluding hydrogens is 905 g/mol. The van der Waals surface area contributed by atoms with Gasteiger partial charge in [0.15, 0.2) is 11.0 Å². The van der Waals surface area contributed by atoms with Crippen molar-refractivity contribution in [3.63, 3.8) is 0 Å². The highest BCUT2D eigenvalue weighted by Gasteiger charge is 2.28. The van der Waals surface area contributed by atoms with Gasteiger partial charge in [-0.2, -0.15) is 18.8 Å². The summed E-state index contributed by atoms with van der Waals surface area (Å²) in [5.74, 6) is 0.871.